The molecule has 0 bridgehead atoms. The van der Waals surface area contributed by atoms with Crippen LogP contribution in [-0.2, 0) is 30.4 Å². The first-order valence-corrected chi connectivity index (χ1v) is 14.8. The number of aryl methyl sites for hydroxylation is 1. The molecule has 192 valence electrons. The summed E-state index contributed by atoms with van der Waals surface area (Å²) in [6, 6.07) is 4.03. The summed E-state index contributed by atoms with van der Waals surface area (Å²) in [4.78, 5) is 5.66. The molecular formula is C20H30N2O9S3. The van der Waals surface area contributed by atoms with Gasteiger partial charge < -0.3 is 4.90 Å². The number of benzene rings is 1. The van der Waals surface area contributed by atoms with E-state index in [4.69, 9.17) is 9.11 Å². The molecular weight excluding hydrogens is 508 g/mol. The van der Waals surface area contributed by atoms with E-state index in [0.29, 0.717) is 22.7 Å². The zero-order chi connectivity index (χ0) is 26.2. The normalized spacial score (nSPS) is 14.1. The number of nitrogens with zero attached hydrogens (tertiary/aromatic N) is 2. The van der Waals surface area contributed by atoms with Gasteiger partial charge >= 0.3 is 0 Å². The Hall–Kier alpha value is -2.10. The number of aliphatic imine (C=N–C) groups is 1. The number of allylic oxidation sites excluding steroid dienone is 4. The van der Waals surface area contributed by atoms with Gasteiger partial charge in [-0.1, -0.05) is 6.08 Å². The predicted octanol–water partition coefficient (Wildman–Crippen LogP) is 2.52. The van der Waals surface area contributed by atoms with E-state index in [2.05, 4.69) is 4.99 Å². The first-order valence-electron chi connectivity index (χ1n) is 10.1. The Morgan fingerprint density at radius 1 is 0.971 bits per heavy atom. The highest BCUT2D eigenvalue weighted by molar-refractivity contribution is 7.86. The molecule has 1 aromatic carbocycles. The Morgan fingerprint density at radius 3 is 2.09 bits per heavy atom. The van der Waals surface area contributed by atoms with E-state index in [0.717, 1.165) is 0 Å². The lowest BCUT2D eigenvalue weighted by molar-refractivity contribution is 0.479. The molecule has 0 aliphatic rings. The second-order valence-corrected chi connectivity index (χ2v) is 12.1. The van der Waals surface area contributed by atoms with Crippen LogP contribution in [0.4, 0.5) is 5.69 Å². The molecule has 0 radical (unpaired) electrons. The Labute approximate surface area is 201 Å². The third-order valence-electron chi connectivity index (χ3n) is 4.56. The number of hydrogen-bond acceptors (Lipinski definition) is 8. The molecule has 0 saturated carbocycles. The van der Waals surface area contributed by atoms with Crippen molar-refractivity contribution in [3.8, 4) is 0 Å². The van der Waals surface area contributed by atoms with Crippen LogP contribution in [0.5, 0.6) is 0 Å². The van der Waals surface area contributed by atoms with Gasteiger partial charge in [0, 0.05) is 30.2 Å². The maximum Gasteiger partial charge on any atom is 0.294 e. The quantitative estimate of drug-likeness (QED) is 0.146. The highest BCUT2D eigenvalue weighted by atomic mass is 32.2. The van der Waals surface area contributed by atoms with Gasteiger partial charge in [0.05, 0.1) is 16.4 Å². The van der Waals surface area contributed by atoms with Crippen LogP contribution in [0, 0.1) is 6.92 Å². The van der Waals surface area contributed by atoms with E-state index in [1.807, 2.05) is 0 Å². The Balaban J connectivity index is 3.10. The van der Waals surface area contributed by atoms with Crippen LogP contribution in [0.25, 0.3) is 0 Å². The smallest absolute Gasteiger partial charge is 0.294 e. The molecule has 1 aromatic rings. The molecule has 0 fully saturated rings. The fourth-order valence-corrected chi connectivity index (χ4v) is 4.51. The number of hydrogen-bond donors (Lipinski definition) is 3. The lowest BCUT2D eigenvalue weighted by Crippen LogP contribution is -2.25. The van der Waals surface area contributed by atoms with E-state index in [1.165, 1.54) is 18.2 Å². The average molecular weight is 539 g/mol. The third-order valence-corrected chi connectivity index (χ3v) is 7.02. The second-order valence-electron chi connectivity index (χ2n) is 7.54. The number of rotatable bonds is 13. The van der Waals surface area contributed by atoms with Crippen molar-refractivity contribution < 1.29 is 38.9 Å². The molecule has 0 heterocycles. The molecule has 34 heavy (non-hydrogen) atoms. The molecule has 0 amide bonds. The molecule has 0 aliphatic carbocycles. The van der Waals surface area contributed by atoms with Gasteiger partial charge in [0.25, 0.3) is 30.4 Å². The average Bonchev–Trinajstić information content (AvgIpc) is 2.66. The lowest BCUT2D eigenvalue weighted by atomic mass is 10.1. The van der Waals surface area contributed by atoms with E-state index >= 15 is 0 Å². The van der Waals surface area contributed by atoms with Crippen molar-refractivity contribution in [2.45, 2.75) is 38.5 Å². The molecule has 0 unspecified atom stereocenters. The Morgan fingerprint density at radius 2 is 1.56 bits per heavy atom. The van der Waals surface area contributed by atoms with Crippen molar-refractivity contribution in [2.75, 3.05) is 29.5 Å². The Bertz CT molecular complexity index is 1260. The molecule has 0 atom stereocenters. The standard InChI is InChI=1S/C20H30N2O9S3/c1-16-15-19(34(29,30)31)9-10-20(16)22(12-6-14-33(26,27)28)18(3)8-4-7-17(2)21-11-5-13-32(23,24)25/h4,7-10,15H,5-6,11-14H2,1-3H3,(H,23,24,25)(H,26,27,28)(H,29,30,31)/b7-4+,18-8+,21-17-. The fourth-order valence-electron chi connectivity index (χ4n) is 2.95. The van der Waals surface area contributed by atoms with Gasteiger partial charge in [-0.3, -0.25) is 18.7 Å². The second kappa shape index (κ2) is 12.6. The van der Waals surface area contributed by atoms with E-state index < -0.39 is 36.1 Å². The molecule has 11 nitrogen and oxygen atoms in total. The third kappa shape index (κ3) is 11.9. The molecule has 0 saturated heterocycles. The van der Waals surface area contributed by atoms with Crippen LogP contribution in [0.1, 0.15) is 32.3 Å². The number of anilines is 1. The lowest BCUT2D eigenvalue weighted by Gasteiger charge is -2.27. The summed E-state index contributed by atoms with van der Waals surface area (Å²) >= 11 is 0. The van der Waals surface area contributed by atoms with Crippen molar-refractivity contribution in [1.29, 1.82) is 0 Å². The molecule has 1 rings (SSSR count). The molecule has 0 aliphatic heterocycles. The summed E-state index contributed by atoms with van der Waals surface area (Å²) in [7, 11) is -12.6. The first kappa shape index (κ1) is 29.9. The summed E-state index contributed by atoms with van der Waals surface area (Å²) in [6.45, 7) is 5.54. The minimum atomic E-state index is -4.38. The van der Waals surface area contributed by atoms with Crippen LogP contribution in [0.3, 0.4) is 0 Å². The zero-order valence-corrected chi connectivity index (χ0v) is 21.6. The Kier molecular flexibility index (Phi) is 11.1. The van der Waals surface area contributed by atoms with Crippen LogP contribution < -0.4 is 4.90 Å². The van der Waals surface area contributed by atoms with Gasteiger partial charge in [0.2, 0.25) is 0 Å². The monoisotopic (exact) mass is 538 g/mol. The van der Waals surface area contributed by atoms with Crippen molar-refractivity contribution in [3.05, 3.63) is 47.7 Å². The van der Waals surface area contributed by atoms with Crippen molar-refractivity contribution >= 4 is 41.8 Å². The summed E-state index contributed by atoms with van der Waals surface area (Å²) in [5.41, 5.74) is 2.40. The summed E-state index contributed by atoms with van der Waals surface area (Å²) in [5.74, 6) is -0.829. The van der Waals surface area contributed by atoms with Crippen LogP contribution in [0.2, 0.25) is 0 Å². The van der Waals surface area contributed by atoms with Gasteiger partial charge in [0.1, 0.15) is 0 Å². The summed E-state index contributed by atoms with van der Waals surface area (Å²) in [6.07, 6.45) is 5.37. The van der Waals surface area contributed by atoms with E-state index in [-0.39, 0.29) is 36.6 Å². The van der Waals surface area contributed by atoms with Gasteiger partial charge in [-0.15, -0.1) is 0 Å². The topological polar surface area (TPSA) is 179 Å². The predicted molar refractivity (Wildman–Crippen MR) is 131 cm³/mol. The molecule has 0 aromatic heterocycles. The van der Waals surface area contributed by atoms with E-state index in [9.17, 15) is 29.8 Å². The summed E-state index contributed by atoms with van der Waals surface area (Å²) < 4.78 is 93.5. The van der Waals surface area contributed by atoms with Gasteiger partial charge in [0.15, 0.2) is 0 Å². The zero-order valence-electron chi connectivity index (χ0n) is 19.1. The first-order chi connectivity index (χ1) is 15.5. The highest BCUT2D eigenvalue weighted by Gasteiger charge is 2.16. The van der Waals surface area contributed by atoms with Crippen molar-refractivity contribution in [2.24, 2.45) is 4.99 Å². The van der Waals surface area contributed by atoms with E-state index in [1.54, 1.807) is 43.9 Å². The van der Waals surface area contributed by atoms with Crippen molar-refractivity contribution in [3.63, 3.8) is 0 Å². The van der Waals surface area contributed by atoms with Crippen LogP contribution >= 0.6 is 0 Å². The van der Waals surface area contributed by atoms with Crippen molar-refractivity contribution in [1.82, 2.24) is 0 Å². The van der Waals surface area contributed by atoms with Gasteiger partial charge in [-0.2, -0.15) is 25.3 Å². The molecule has 14 heteroatoms. The highest BCUT2D eigenvalue weighted by Crippen LogP contribution is 2.26. The largest absolute Gasteiger partial charge is 0.345 e. The molecule has 3 N–H and O–H groups in total. The SMILES string of the molecule is CC(/C=C/C=C(\C)N(CCCS(=O)(=O)O)c1ccc(S(=O)(=O)O)cc1C)=N/CCCS(=O)(=O)O. The maximum atomic E-state index is 11.4. The van der Waals surface area contributed by atoms with Crippen LogP contribution in [0.15, 0.2) is 52.0 Å². The molecule has 0 spiro atoms. The van der Waals surface area contributed by atoms with Gasteiger partial charge in [-0.25, -0.2) is 0 Å². The van der Waals surface area contributed by atoms with Gasteiger partial charge in [-0.05, 0) is 69.5 Å². The maximum absolute atomic E-state index is 11.4. The minimum Gasteiger partial charge on any atom is -0.345 e. The fraction of sp³-hybridized carbons (Fsp3) is 0.450. The summed E-state index contributed by atoms with van der Waals surface area (Å²) in [5, 5.41) is 0. The minimum absolute atomic E-state index is 0.0987. The van der Waals surface area contributed by atoms with Crippen LogP contribution in [-0.4, -0.2) is 69.2 Å².